The number of ether oxygens (including phenoxy) is 3. The third-order valence-electron chi connectivity index (χ3n) is 6.34. The lowest BCUT2D eigenvalue weighted by molar-refractivity contribution is -0.428. The molecule has 0 amide bonds. The molecule has 4 atom stereocenters. The molecule has 0 aliphatic carbocycles. The summed E-state index contributed by atoms with van der Waals surface area (Å²) in [6.07, 6.45) is -29.2. The third kappa shape index (κ3) is 3.94. The molecule has 4 rings (SSSR count). The van der Waals surface area contributed by atoms with E-state index in [1.165, 1.54) is 0 Å². The molecule has 3 nitrogen and oxygen atoms in total. The Morgan fingerprint density at radius 2 is 0.556 bits per heavy atom. The third-order valence-corrected chi connectivity index (χ3v) is 6.34. The van der Waals surface area contributed by atoms with Crippen LogP contribution in [0.2, 0.25) is 0 Å². The monoisotopic (exact) mass is 706 g/mol. The summed E-state index contributed by atoms with van der Waals surface area (Å²) in [4.78, 5) is 0. The smallest absolute Gasteiger partial charge is 0.329 e. The number of hydrogen-bond donors (Lipinski definition) is 0. The SMILES string of the molecule is Fc1c(F)c(F)c(C(OC(c2c(F)c(F)c(F)c(F)c2F)(C(F)(F)F)C2(F)OC2(F)F)(C(F)(F)F)C2(F)OC2(F)F)c(F)c1F. The zero-order valence-electron chi connectivity index (χ0n) is 19.5. The van der Waals surface area contributed by atoms with E-state index < -0.39 is 117 Å². The Morgan fingerprint density at radius 3 is 0.711 bits per heavy atom. The van der Waals surface area contributed by atoms with Gasteiger partial charge < -0.3 is 4.74 Å². The summed E-state index contributed by atoms with van der Waals surface area (Å²) < 4.78 is 323. The summed E-state index contributed by atoms with van der Waals surface area (Å²) in [6, 6.07) is 0. The molecule has 252 valence electrons. The molecule has 45 heavy (non-hydrogen) atoms. The van der Waals surface area contributed by atoms with Crippen LogP contribution in [0.4, 0.5) is 96.6 Å². The van der Waals surface area contributed by atoms with Gasteiger partial charge in [-0.1, -0.05) is 0 Å². The average molecular weight is 706 g/mol. The molecule has 0 N–H and O–H groups in total. The van der Waals surface area contributed by atoms with Gasteiger partial charge in [0.25, 0.3) is 11.2 Å². The molecule has 4 unspecified atom stereocenters. The van der Waals surface area contributed by atoms with Gasteiger partial charge in [-0.15, -0.1) is 0 Å². The Kier molecular flexibility index (Phi) is 7.08. The van der Waals surface area contributed by atoms with Crippen molar-refractivity contribution in [2.45, 2.75) is 47.5 Å². The van der Waals surface area contributed by atoms with Crippen LogP contribution in [-0.2, 0) is 25.4 Å². The van der Waals surface area contributed by atoms with E-state index in [9.17, 15) is 87.8 Å². The first-order valence-corrected chi connectivity index (χ1v) is 10.4. The van der Waals surface area contributed by atoms with Gasteiger partial charge in [-0.3, -0.25) is 9.47 Å². The molecule has 0 aromatic heterocycles. The highest BCUT2D eigenvalue weighted by molar-refractivity contribution is 5.41. The highest BCUT2D eigenvalue weighted by atomic mass is 19.4. The minimum Gasteiger partial charge on any atom is -0.329 e. The highest BCUT2D eigenvalue weighted by Crippen LogP contribution is 2.75. The van der Waals surface area contributed by atoms with Crippen LogP contribution in [0.15, 0.2) is 0 Å². The van der Waals surface area contributed by atoms with E-state index in [-0.39, 0.29) is 0 Å². The van der Waals surface area contributed by atoms with Crippen molar-refractivity contribution in [3.8, 4) is 0 Å². The molecule has 0 bridgehead atoms. The molecule has 25 heteroatoms. The molecule has 0 radical (unpaired) electrons. The fourth-order valence-electron chi connectivity index (χ4n) is 4.23. The maximum Gasteiger partial charge on any atom is 0.428 e. The van der Waals surface area contributed by atoms with Gasteiger partial charge in [0.15, 0.2) is 46.5 Å². The van der Waals surface area contributed by atoms with Crippen molar-refractivity contribution >= 4 is 0 Å². The van der Waals surface area contributed by atoms with Crippen LogP contribution in [0.1, 0.15) is 11.1 Å². The number of epoxide rings is 2. The molecule has 2 fully saturated rings. The largest absolute Gasteiger partial charge is 0.428 e. The Hall–Kier alpha value is -3.22. The fraction of sp³-hybridized carbons (Fsp3) is 0.400. The minimum absolute atomic E-state index is 2.53. The lowest BCUT2D eigenvalue weighted by Crippen LogP contribution is -2.67. The van der Waals surface area contributed by atoms with Crippen LogP contribution in [0.3, 0.4) is 0 Å². The Bertz CT molecular complexity index is 1440. The van der Waals surface area contributed by atoms with E-state index in [4.69, 9.17) is 0 Å². The van der Waals surface area contributed by atoms with Crippen molar-refractivity contribution in [1.29, 1.82) is 0 Å². The van der Waals surface area contributed by atoms with Crippen molar-refractivity contribution in [1.82, 2.24) is 0 Å². The van der Waals surface area contributed by atoms with Gasteiger partial charge >= 0.3 is 36.3 Å². The van der Waals surface area contributed by atoms with Crippen molar-refractivity contribution in [2.75, 3.05) is 0 Å². The lowest BCUT2D eigenvalue weighted by Gasteiger charge is -2.45. The van der Waals surface area contributed by atoms with E-state index in [0.29, 0.717) is 0 Å². The van der Waals surface area contributed by atoms with Gasteiger partial charge in [-0.05, 0) is 0 Å². The maximum atomic E-state index is 15.4. The summed E-state index contributed by atoms with van der Waals surface area (Å²) in [5, 5.41) is 0. The highest BCUT2D eigenvalue weighted by Gasteiger charge is 3.00. The summed E-state index contributed by atoms with van der Waals surface area (Å²) in [6.45, 7) is 0. The second kappa shape index (κ2) is 9.19. The van der Waals surface area contributed by atoms with Crippen LogP contribution in [0, 0.1) is 58.2 Å². The fourth-order valence-corrected chi connectivity index (χ4v) is 4.23. The van der Waals surface area contributed by atoms with Crippen LogP contribution in [0.25, 0.3) is 0 Å². The normalized spacial score (nSPS) is 26.8. The van der Waals surface area contributed by atoms with Crippen molar-refractivity contribution in [2.24, 2.45) is 0 Å². The van der Waals surface area contributed by atoms with Crippen LogP contribution in [-0.4, -0.2) is 36.3 Å². The lowest BCUT2D eigenvalue weighted by atomic mass is 9.80. The van der Waals surface area contributed by atoms with E-state index in [0.717, 1.165) is 0 Å². The standard InChI is InChI=1S/C20F22O3/c21-3-1(4(22)8(26)11(29)7(3)25)13(17(33,34)35,15(31)19(39,40)44-15)43-14(18(36,37)38,16(32)20(41,42)45-16)2-5(23)9(27)12(30)10(28)6(2)24. The number of hydrogen-bond acceptors (Lipinski definition) is 3. The average Bonchev–Trinajstić information content (AvgIpc) is 3.64. The van der Waals surface area contributed by atoms with Crippen LogP contribution < -0.4 is 0 Å². The molecule has 2 heterocycles. The van der Waals surface area contributed by atoms with Gasteiger partial charge in [0.05, 0.1) is 11.1 Å². The minimum atomic E-state index is -8.08. The zero-order chi connectivity index (χ0) is 35.0. The van der Waals surface area contributed by atoms with Gasteiger partial charge in [0.1, 0.15) is 0 Å². The van der Waals surface area contributed by atoms with Crippen molar-refractivity contribution in [3.05, 3.63) is 69.3 Å². The van der Waals surface area contributed by atoms with Crippen LogP contribution in [0.5, 0.6) is 0 Å². The topological polar surface area (TPSA) is 34.3 Å². The molecule has 2 aliphatic rings. The molecule has 2 saturated heterocycles. The molecule has 0 saturated carbocycles. The molecular formula is C20F22O3. The van der Waals surface area contributed by atoms with Gasteiger partial charge in [0, 0.05) is 0 Å². The van der Waals surface area contributed by atoms with Crippen LogP contribution >= 0.6 is 0 Å². The Morgan fingerprint density at radius 1 is 0.378 bits per heavy atom. The number of rotatable bonds is 6. The first-order chi connectivity index (χ1) is 20.0. The van der Waals surface area contributed by atoms with Gasteiger partial charge in [-0.2, -0.15) is 52.7 Å². The predicted molar refractivity (Wildman–Crippen MR) is 88.8 cm³/mol. The summed E-state index contributed by atoms with van der Waals surface area (Å²) in [5.74, 6) is -53.4. The Labute approximate surface area is 228 Å². The first-order valence-electron chi connectivity index (χ1n) is 10.4. The second-order valence-electron chi connectivity index (χ2n) is 8.78. The molecule has 2 aromatic rings. The van der Waals surface area contributed by atoms with E-state index in [1.807, 2.05) is 0 Å². The number of halogens is 22. The Balaban J connectivity index is 2.37. The zero-order valence-corrected chi connectivity index (χ0v) is 19.5. The first kappa shape index (κ1) is 34.6. The van der Waals surface area contributed by atoms with Crippen molar-refractivity contribution < 1.29 is 111 Å². The molecule has 2 aromatic carbocycles. The maximum absolute atomic E-state index is 15.4. The molecule has 2 aliphatic heterocycles. The second-order valence-corrected chi connectivity index (χ2v) is 8.78. The summed E-state index contributed by atoms with van der Waals surface area (Å²) >= 11 is 0. The van der Waals surface area contributed by atoms with E-state index in [1.54, 1.807) is 0 Å². The van der Waals surface area contributed by atoms with Gasteiger partial charge in [0.2, 0.25) is 11.6 Å². The van der Waals surface area contributed by atoms with E-state index in [2.05, 4.69) is 14.2 Å². The van der Waals surface area contributed by atoms with E-state index >= 15 is 8.78 Å². The number of alkyl halides is 12. The predicted octanol–water partition coefficient (Wildman–Crippen LogP) is 7.89. The summed E-state index contributed by atoms with van der Waals surface area (Å²) in [5.41, 5.74) is -24.2. The van der Waals surface area contributed by atoms with Crippen molar-refractivity contribution in [3.63, 3.8) is 0 Å². The molecule has 0 spiro atoms. The number of benzene rings is 2. The summed E-state index contributed by atoms with van der Waals surface area (Å²) in [7, 11) is 0. The van der Waals surface area contributed by atoms with Gasteiger partial charge in [-0.25, -0.2) is 43.9 Å². The molecular weight excluding hydrogens is 706 g/mol. The quantitative estimate of drug-likeness (QED) is 0.133.